The zero-order valence-electron chi connectivity index (χ0n) is 18.8. The monoisotopic (exact) mass is 505 g/mol. The molecule has 8 nitrogen and oxygen atoms in total. The Morgan fingerprint density at radius 3 is 2.09 bits per heavy atom. The van der Waals surface area contributed by atoms with Crippen molar-refractivity contribution in [2.45, 2.75) is 60.1 Å². The molecule has 34 heavy (non-hydrogen) atoms. The van der Waals surface area contributed by atoms with E-state index in [0.717, 1.165) is 24.3 Å². The van der Waals surface area contributed by atoms with Crippen LogP contribution in [0.25, 0.3) is 0 Å². The van der Waals surface area contributed by atoms with E-state index in [0.29, 0.717) is 19.3 Å². The summed E-state index contributed by atoms with van der Waals surface area (Å²) in [4.78, 5) is 12.6. The highest BCUT2D eigenvalue weighted by atomic mass is 32.2. The number of rotatable bonds is 6. The first-order chi connectivity index (χ1) is 15.6. The minimum Gasteiger partial charge on any atom is -0.346 e. The Labute approximate surface area is 198 Å². The lowest BCUT2D eigenvalue weighted by Gasteiger charge is -2.66. The lowest BCUT2D eigenvalue weighted by atomic mass is 9.40. The van der Waals surface area contributed by atoms with Crippen molar-refractivity contribution in [2.24, 2.45) is 5.41 Å². The molecule has 0 saturated heterocycles. The van der Waals surface area contributed by atoms with Gasteiger partial charge in [0.05, 0.1) is 37.3 Å². The van der Waals surface area contributed by atoms with Crippen LogP contribution in [-0.2, 0) is 19.9 Å². The Morgan fingerprint density at radius 1 is 1.00 bits per heavy atom. The van der Waals surface area contributed by atoms with E-state index < -0.39 is 41.9 Å². The van der Waals surface area contributed by atoms with Crippen LogP contribution in [0.5, 0.6) is 0 Å². The van der Waals surface area contributed by atoms with E-state index in [9.17, 15) is 26.0 Å². The highest BCUT2D eigenvalue weighted by Gasteiger charge is 2.69. The Morgan fingerprint density at radius 2 is 1.56 bits per heavy atom. The number of nitrogens with zero attached hydrogens (tertiary/aromatic N) is 1. The Kier molecular flexibility index (Phi) is 5.34. The minimum absolute atomic E-state index is 0.0292. The van der Waals surface area contributed by atoms with Gasteiger partial charge in [-0.05, 0) is 82.5 Å². The second-order valence-corrected chi connectivity index (χ2v) is 14.4. The normalized spacial score (nSPS) is 23.7. The molecule has 0 atom stereocenters. The first-order valence-corrected chi connectivity index (χ1v) is 13.5. The van der Waals surface area contributed by atoms with Crippen LogP contribution in [0.1, 0.15) is 50.4 Å². The summed E-state index contributed by atoms with van der Waals surface area (Å²) < 4.78 is 66.1. The van der Waals surface area contributed by atoms with Crippen LogP contribution in [0, 0.1) is 22.6 Å². The van der Waals surface area contributed by atoms with E-state index in [1.54, 1.807) is 0 Å². The van der Waals surface area contributed by atoms with Crippen LogP contribution in [0.2, 0.25) is 0 Å². The molecule has 2 aromatic carbocycles. The molecular weight excluding hydrogens is 481 g/mol. The second-order valence-electron chi connectivity index (χ2n) is 10.0. The van der Waals surface area contributed by atoms with E-state index in [4.69, 9.17) is 5.26 Å². The lowest BCUT2D eigenvalue weighted by molar-refractivity contribution is -0.102. The Balaban J connectivity index is 1.57. The number of hydrogen-bond acceptors (Lipinski definition) is 6. The van der Waals surface area contributed by atoms with E-state index >= 15 is 0 Å². The molecular formula is C23H24FN3O5S2. The number of nitriles is 1. The van der Waals surface area contributed by atoms with Crippen LogP contribution in [-0.4, -0.2) is 33.0 Å². The topological polar surface area (TPSA) is 133 Å². The van der Waals surface area contributed by atoms with Gasteiger partial charge in [0.25, 0.3) is 15.9 Å². The van der Waals surface area contributed by atoms with Crippen LogP contribution in [0.3, 0.4) is 0 Å². The maximum absolute atomic E-state index is 13.9. The summed E-state index contributed by atoms with van der Waals surface area (Å²) in [6.45, 7) is 4.62. The first kappa shape index (κ1) is 24.2. The third-order valence-corrected chi connectivity index (χ3v) is 10.3. The molecule has 0 spiro atoms. The van der Waals surface area contributed by atoms with Crippen molar-refractivity contribution in [2.75, 3.05) is 4.72 Å². The average Bonchev–Trinajstić information content (AvgIpc) is 2.68. The maximum atomic E-state index is 13.9. The zero-order valence-corrected chi connectivity index (χ0v) is 20.5. The van der Waals surface area contributed by atoms with Crippen LogP contribution >= 0.6 is 0 Å². The molecule has 3 aliphatic carbocycles. The summed E-state index contributed by atoms with van der Waals surface area (Å²) in [7, 11) is -7.93. The van der Waals surface area contributed by atoms with E-state index in [-0.39, 0.29) is 26.5 Å². The van der Waals surface area contributed by atoms with Crippen molar-refractivity contribution in [1.29, 1.82) is 5.26 Å². The quantitative estimate of drug-likeness (QED) is 0.618. The van der Waals surface area contributed by atoms with Gasteiger partial charge in [-0.15, -0.1) is 0 Å². The summed E-state index contributed by atoms with van der Waals surface area (Å²) in [6.07, 6.45) is 1.61. The van der Waals surface area contributed by atoms with Gasteiger partial charge in [0.2, 0.25) is 0 Å². The second kappa shape index (κ2) is 7.52. The number of anilines is 1. The highest BCUT2D eigenvalue weighted by Crippen LogP contribution is 2.66. The Hall–Kier alpha value is -2.97. The average molecular weight is 506 g/mol. The molecule has 11 heteroatoms. The molecule has 2 N–H and O–H groups in total. The molecule has 0 aliphatic heterocycles. The van der Waals surface area contributed by atoms with Gasteiger partial charge in [0.15, 0.2) is 9.84 Å². The number of carbonyl (C=O) groups is 1. The van der Waals surface area contributed by atoms with E-state index in [1.807, 2.05) is 0 Å². The third kappa shape index (κ3) is 3.95. The molecule has 180 valence electrons. The van der Waals surface area contributed by atoms with Crippen molar-refractivity contribution in [1.82, 2.24) is 5.32 Å². The number of benzene rings is 2. The van der Waals surface area contributed by atoms with E-state index in [2.05, 4.69) is 16.1 Å². The van der Waals surface area contributed by atoms with Crippen LogP contribution in [0.4, 0.5) is 10.1 Å². The summed E-state index contributed by atoms with van der Waals surface area (Å²) in [5.74, 6) is -1.31. The standard InChI is InChI=1S/C23H24FN3O5S2/c1-21(2,3)33(29,30)16-5-7-17(8-6-16)34(31,32)27-19-10-15(24)4-9-18(19)20(28)26-23-11-22(12-23,13-23)14-25/h4-10,27H,11-13H2,1-3H3,(H,26,28). The molecule has 1 amide bonds. The zero-order chi connectivity index (χ0) is 25.2. The predicted molar refractivity (Wildman–Crippen MR) is 123 cm³/mol. The molecule has 2 bridgehead atoms. The van der Waals surface area contributed by atoms with Crippen molar-refractivity contribution >= 4 is 31.5 Å². The number of amides is 1. The van der Waals surface area contributed by atoms with Gasteiger partial charge in [0.1, 0.15) is 5.82 Å². The van der Waals surface area contributed by atoms with Crippen molar-refractivity contribution < 1.29 is 26.0 Å². The molecule has 3 saturated carbocycles. The Bertz CT molecular complexity index is 1420. The lowest BCUT2D eigenvalue weighted by Crippen LogP contribution is -2.74. The largest absolute Gasteiger partial charge is 0.346 e. The van der Waals surface area contributed by atoms with Gasteiger partial charge in [-0.25, -0.2) is 21.2 Å². The van der Waals surface area contributed by atoms with Crippen LogP contribution < -0.4 is 10.0 Å². The number of nitrogens with one attached hydrogen (secondary N) is 2. The molecule has 5 rings (SSSR count). The predicted octanol–water partition coefficient (Wildman–Crippen LogP) is 3.37. The third-order valence-electron chi connectivity index (χ3n) is 6.37. The highest BCUT2D eigenvalue weighted by molar-refractivity contribution is 7.93. The molecule has 0 aromatic heterocycles. The van der Waals surface area contributed by atoms with Gasteiger partial charge in [-0.1, -0.05) is 0 Å². The molecule has 0 heterocycles. The number of carbonyl (C=O) groups excluding carboxylic acids is 1. The van der Waals surface area contributed by atoms with Gasteiger partial charge in [0, 0.05) is 5.54 Å². The van der Waals surface area contributed by atoms with Crippen molar-refractivity contribution in [3.63, 3.8) is 0 Å². The summed E-state index contributed by atoms with van der Waals surface area (Å²) in [5, 5.41) is 12.0. The number of halogens is 1. The van der Waals surface area contributed by atoms with Crippen molar-refractivity contribution in [3.8, 4) is 6.07 Å². The number of hydrogen-bond donors (Lipinski definition) is 2. The smallest absolute Gasteiger partial charge is 0.261 e. The minimum atomic E-state index is -4.26. The fraction of sp³-hybridized carbons (Fsp3) is 0.391. The summed E-state index contributed by atoms with van der Waals surface area (Å²) in [6, 6.07) is 10.1. The molecule has 0 radical (unpaired) electrons. The molecule has 2 aromatic rings. The number of sulfone groups is 1. The first-order valence-electron chi connectivity index (χ1n) is 10.5. The van der Waals surface area contributed by atoms with Gasteiger partial charge in [-0.3, -0.25) is 9.52 Å². The SMILES string of the molecule is CC(C)(C)S(=O)(=O)c1ccc(S(=O)(=O)Nc2cc(F)ccc2C(=O)NC23CC(C#N)(C2)C3)cc1. The molecule has 0 unspecified atom stereocenters. The summed E-state index contributed by atoms with van der Waals surface area (Å²) in [5.41, 5.74) is -1.17. The van der Waals surface area contributed by atoms with Crippen molar-refractivity contribution in [3.05, 3.63) is 53.8 Å². The maximum Gasteiger partial charge on any atom is 0.261 e. The fourth-order valence-electron chi connectivity index (χ4n) is 4.50. The fourth-order valence-corrected chi connectivity index (χ4v) is 6.77. The summed E-state index contributed by atoms with van der Waals surface area (Å²) >= 11 is 0. The van der Waals surface area contributed by atoms with Gasteiger partial charge < -0.3 is 5.32 Å². The van der Waals surface area contributed by atoms with Gasteiger partial charge in [-0.2, -0.15) is 5.26 Å². The molecule has 3 fully saturated rings. The van der Waals surface area contributed by atoms with E-state index in [1.165, 1.54) is 39.0 Å². The number of sulfonamides is 1. The van der Waals surface area contributed by atoms with Gasteiger partial charge >= 0.3 is 0 Å². The molecule has 3 aliphatic rings. The van der Waals surface area contributed by atoms with Crippen LogP contribution in [0.15, 0.2) is 52.3 Å².